The van der Waals surface area contributed by atoms with Crippen LogP contribution in [0.3, 0.4) is 0 Å². The highest BCUT2D eigenvalue weighted by Crippen LogP contribution is 2.06. The summed E-state index contributed by atoms with van der Waals surface area (Å²) in [4.78, 5) is 15.2. The maximum Gasteiger partial charge on any atom is 0.309 e. The van der Waals surface area contributed by atoms with Gasteiger partial charge >= 0.3 is 5.97 Å². The summed E-state index contributed by atoms with van der Waals surface area (Å²) in [7, 11) is -2.03. The Morgan fingerprint density at radius 1 is 1.56 bits per heavy atom. The third-order valence-electron chi connectivity index (χ3n) is 2.67. The quantitative estimate of drug-likeness (QED) is 0.702. The molecular weight excluding hydrogens is 256 g/mol. The molecule has 1 rings (SSSR count). The van der Waals surface area contributed by atoms with E-state index in [1.807, 2.05) is 6.92 Å². The average molecular weight is 274 g/mol. The summed E-state index contributed by atoms with van der Waals surface area (Å²) < 4.78 is 29.9. The van der Waals surface area contributed by atoms with E-state index in [-0.39, 0.29) is 11.5 Å². The number of nitrogens with zero attached hydrogens (tertiary/aromatic N) is 2. The van der Waals surface area contributed by atoms with E-state index in [1.165, 1.54) is 7.11 Å². The van der Waals surface area contributed by atoms with Crippen LogP contribution in [0.1, 0.15) is 12.7 Å². The molecule has 0 aliphatic rings. The highest BCUT2D eigenvalue weighted by molar-refractivity contribution is 7.91. The molecule has 0 radical (unpaired) electrons. The first kappa shape index (κ1) is 14.7. The molecule has 0 amide bonds. The summed E-state index contributed by atoms with van der Waals surface area (Å²) in [6, 6.07) is 0. The lowest BCUT2D eigenvalue weighted by Gasteiger charge is -2.10. The van der Waals surface area contributed by atoms with E-state index in [4.69, 9.17) is 0 Å². The first-order valence-corrected chi connectivity index (χ1v) is 7.44. The molecule has 0 fully saturated rings. The third kappa shape index (κ3) is 4.14. The van der Waals surface area contributed by atoms with Crippen molar-refractivity contribution in [3.05, 3.63) is 18.2 Å². The molecule has 1 aromatic rings. The number of imidazole rings is 1. The van der Waals surface area contributed by atoms with Gasteiger partial charge in [-0.25, -0.2) is 13.4 Å². The molecule has 0 aliphatic heterocycles. The molecular formula is C11H18N2O4S. The summed E-state index contributed by atoms with van der Waals surface area (Å²) in [5.74, 6) is -0.564. The largest absolute Gasteiger partial charge is 0.469 e. The van der Waals surface area contributed by atoms with Crippen LogP contribution in [0.15, 0.2) is 12.4 Å². The number of esters is 1. The van der Waals surface area contributed by atoms with Gasteiger partial charge < -0.3 is 9.30 Å². The fraction of sp³-hybridized carbons (Fsp3) is 0.636. The first-order chi connectivity index (χ1) is 8.35. The van der Waals surface area contributed by atoms with E-state index in [0.717, 1.165) is 5.82 Å². The summed E-state index contributed by atoms with van der Waals surface area (Å²) in [5.41, 5.74) is 0. The number of sulfone groups is 1. The molecule has 1 aromatic heterocycles. The molecule has 18 heavy (non-hydrogen) atoms. The van der Waals surface area contributed by atoms with Gasteiger partial charge in [0.1, 0.15) is 5.82 Å². The standard InChI is InChI=1S/C11H18N2O4S/c1-9(11(14)17-3)8-18(15,16)7-6-13-5-4-12-10(13)2/h4-5,9H,6-8H2,1-3H3. The van der Waals surface area contributed by atoms with Gasteiger partial charge in [0.15, 0.2) is 9.84 Å². The topological polar surface area (TPSA) is 78.3 Å². The minimum atomic E-state index is -3.28. The van der Waals surface area contributed by atoms with Crippen LogP contribution >= 0.6 is 0 Å². The van der Waals surface area contributed by atoms with E-state index in [0.29, 0.717) is 6.54 Å². The van der Waals surface area contributed by atoms with Gasteiger partial charge in [0.2, 0.25) is 0 Å². The van der Waals surface area contributed by atoms with Gasteiger partial charge in [-0.05, 0) is 6.92 Å². The fourth-order valence-corrected chi connectivity index (χ4v) is 3.15. The van der Waals surface area contributed by atoms with Crippen molar-refractivity contribution in [2.45, 2.75) is 20.4 Å². The smallest absolute Gasteiger partial charge is 0.309 e. The second kappa shape index (κ2) is 5.99. The zero-order chi connectivity index (χ0) is 13.8. The first-order valence-electron chi connectivity index (χ1n) is 5.61. The van der Waals surface area contributed by atoms with Crippen LogP contribution in [0, 0.1) is 12.8 Å². The predicted octanol–water partition coefficient (Wildman–Crippen LogP) is 0.415. The van der Waals surface area contributed by atoms with Crippen molar-refractivity contribution < 1.29 is 17.9 Å². The molecule has 0 saturated heterocycles. The van der Waals surface area contributed by atoms with Crippen molar-refractivity contribution in [3.63, 3.8) is 0 Å². The van der Waals surface area contributed by atoms with E-state index in [2.05, 4.69) is 9.72 Å². The van der Waals surface area contributed by atoms with E-state index >= 15 is 0 Å². The van der Waals surface area contributed by atoms with Crippen molar-refractivity contribution >= 4 is 15.8 Å². The maximum absolute atomic E-state index is 11.8. The Hall–Kier alpha value is -1.37. The molecule has 0 bridgehead atoms. The summed E-state index contributed by atoms with van der Waals surface area (Å²) >= 11 is 0. The van der Waals surface area contributed by atoms with Crippen LogP contribution in [0.5, 0.6) is 0 Å². The molecule has 0 saturated carbocycles. The minimum absolute atomic E-state index is 0.00840. The average Bonchev–Trinajstić information content (AvgIpc) is 2.70. The lowest BCUT2D eigenvalue weighted by atomic mass is 10.2. The lowest BCUT2D eigenvalue weighted by Crippen LogP contribution is -2.25. The van der Waals surface area contributed by atoms with Gasteiger partial charge in [0, 0.05) is 18.9 Å². The second-order valence-electron chi connectivity index (χ2n) is 4.21. The summed E-state index contributed by atoms with van der Waals surface area (Å²) in [6.45, 7) is 3.71. The van der Waals surface area contributed by atoms with E-state index < -0.39 is 21.7 Å². The molecule has 7 heteroatoms. The molecule has 1 atom stereocenters. The Morgan fingerprint density at radius 3 is 2.72 bits per heavy atom. The Labute approximate surface area is 107 Å². The number of aromatic nitrogens is 2. The molecule has 1 heterocycles. The Morgan fingerprint density at radius 2 is 2.22 bits per heavy atom. The van der Waals surface area contributed by atoms with E-state index in [1.54, 1.807) is 23.9 Å². The van der Waals surface area contributed by atoms with E-state index in [9.17, 15) is 13.2 Å². The van der Waals surface area contributed by atoms with Crippen molar-refractivity contribution in [1.82, 2.24) is 9.55 Å². The van der Waals surface area contributed by atoms with Crippen LogP contribution in [0.4, 0.5) is 0 Å². The van der Waals surface area contributed by atoms with Crippen LogP contribution in [0.2, 0.25) is 0 Å². The highest BCUT2D eigenvalue weighted by atomic mass is 32.2. The van der Waals surface area contributed by atoms with Crippen molar-refractivity contribution in [2.75, 3.05) is 18.6 Å². The number of hydrogen-bond acceptors (Lipinski definition) is 5. The van der Waals surface area contributed by atoms with Gasteiger partial charge in [-0.2, -0.15) is 0 Å². The van der Waals surface area contributed by atoms with Crippen molar-refractivity contribution in [2.24, 2.45) is 5.92 Å². The van der Waals surface area contributed by atoms with Crippen LogP contribution in [-0.2, 0) is 25.9 Å². The predicted molar refractivity (Wildman–Crippen MR) is 66.8 cm³/mol. The third-order valence-corrected chi connectivity index (χ3v) is 4.49. The molecule has 102 valence electrons. The lowest BCUT2D eigenvalue weighted by molar-refractivity contribution is -0.144. The van der Waals surface area contributed by atoms with Crippen LogP contribution < -0.4 is 0 Å². The Bertz CT molecular complexity index is 507. The number of methoxy groups -OCH3 is 1. The number of aryl methyl sites for hydroxylation is 2. The molecule has 1 unspecified atom stereocenters. The van der Waals surface area contributed by atoms with Gasteiger partial charge in [0.25, 0.3) is 0 Å². The highest BCUT2D eigenvalue weighted by Gasteiger charge is 2.22. The van der Waals surface area contributed by atoms with Crippen molar-refractivity contribution in [3.8, 4) is 0 Å². The van der Waals surface area contributed by atoms with Gasteiger partial charge in [-0.15, -0.1) is 0 Å². The van der Waals surface area contributed by atoms with Crippen LogP contribution in [-0.4, -0.2) is 42.6 Å². The zero-order valence-corrected chi connectivity index (χ0v) is 11.6. The Kier molecular flexibility index (Phi) is 4.89. The molecule has 0 N–H and O–H groups in total. The summed E-state index contributed by atoms with van der Waals surface area (Å²) in [5, 5.41) is 0. The molecule has 0 aliphatic carbocycles. The number of carbonyl (C=O) groups is 1. The number of hydrogen-bond donors (Lipinski definition) is 0. The SMILES string of the molecule is COC(=O)C(C)CS(=O)(=O)CCn1ccnc1C. The number of rotatable bonds is 6. The monoisotopic (exact) mass is 274 g/mol. The minimum Gasteiger partial charge on any atom is -0.469 e. The zero-order valence-electron chi connectivity index (χ0n) is 10.8. The maximum atomic E-state index is 11.8. The fourth-order valence-electron chi connectivity index (χ4n) is 1.61. The number of carbonyl (C=O) groups excluding carboxylic acids is 1. The Balaban J connectivity index is 2.55. The normalized spacial score (nSPS) is 13.3. The molecule has 0 spiro atoms. The van der Waals surface area contributed by atoms with Crippen LogP contribution in [0.25, 0.3) is 0 Å². The van der Waals surface area contributed by atoms with Gasteiger partial charge in [0.05, 0.1) is 24.5 Å². The molecule has 6 nitrogen and oxygen atoms in total. The molecule has 0 aromatic carbocycles. The van der Waals surface area contributed by atoms with Crippen molar-refractivity contribution in [1.29, 1.82) is 0 Å². The number of ether oxygens (including phenoxy) is 1. The second-order valence-corrected chi connectivity index (χ2v) is 6.44. The summed E-state index contributed by atoms with van der Waals surface area (Å²) in [6.07, 6.45) is 3.35. The van der Waals surface area contributed by atoms with Gasteiger partial charge in [-0.3, -0.25) is 4.79 Å². The van der Waals surface area contributed by atoms with Gasteiger partial charge in [-0.1, -0.05) is 6.92 Å².